The molecular formula is C16H18N4S. The van der Waals surface area contributed by atoms with Gasteiger partial charge in [0, 0.05) is 11.4 Å². The second-order valence-electron chi connectivity index (χ2n) is 5.05. The normalized spacial score (nSPS) is 11.0. The van der Waals surface area contributed by atoms with E-state index in [1.807, 2.05) is 0 Å². The Bertz CT molecular complexity index is 762. The van der Waals surface area contributed by atoms with E-state index in [0.717, 1.165) is 29.0 Å². The van der Waals surface area contributed by atoms with Gasteiger partial charge in [-0.15, -0.1) is 11.3 Å². The molecule has 4 nitrogen and oxygen atoms in total. The topological polar surface area (TPSA) is 63.8 Å². The van der Waals surface area contributed by atoms with Crippen LogP contribution in [0, 0.1) is 6.92 Å². The lowest BCUT2D eigenvalue weighted by Gasteiger charge is -2.07. The Morgan fingerprint density at radius 2 is 1.95 bits per heavy atom. The van der Waals surface area contributed by atoms with Gasteiger partial charge in [-0.25, -0.2) is 4.98 Å². The molecule has 0 fully saturated rings. The smallest absolute Gasteiger partial charge is 0.223 e. The predicted octanol–water partition coefficient (Wildman–Crippen LogP) is 3.76. The third-order valence-corrected chi connectivity index (χ3v) is 4.56. The van der Waals surface area contributed by atoms with Gasteiger partial charge in [-0.1, -0.05) is 36.8 Å². The molecule has 0 saturated heterocycles. The molecule has 0 amide bonds. The number of nitrogens with one attached hydrogen (secondary N) is 1. The molecule has 0 atom stereocenters. The molecule has 0 aliphatic heterocycles. The molecule has 3 N–H and O–H groups in total. The number of nitrogen functional groups attached to an aromatic ring is 1. The summed E-state index contributed by atoms with van der Waals surface area (Å²) in [4.78, 5) is 10.9. The van der Waals surface area contributed by atoms with Crippen LogP contribution in [0.1, 0.15) is 22.9 Å². The summed E-state index contributed by atoms with van der Waals surface area (Å²) in [7, 11) is 0. The SMILES string of the molecule is CCc1cc2c(NCc3ccc(C)cc3)nc(N)nc2s1. The van der Waals surface area contributed by atoms with E-state index in [1.54, 1.807) is 11.3 Å². The van der Waals surface area contributed by atoms with Crippen LogP contribution in [0.4, 0.5) is 11.8 Å². The summed E-state index contributed by atoms with van der Waals surface area (Å²) in [5.74, 6) is 1.13. The van der Waals surface area contributed by atoms with Gasteiger partial charge in [0.25, 0.3) is 0 Å². The summed E-state index contributed by atoms with van der Waals surface area (Å²) in [6.07, 6.45) is 0.998. The molecule has 3 rings (SSSR count). The van der Waals surface area contributed by atoms with Crippen LogP contribution in [-0.4, -0.2) is 9.97 Å². The fraction of sp³-hybridized carbons (Fsp3) is 0.250. The number of aryl methyl sites for hydroxylation is 2. The fourth-order valence-electron chi connectivity index (χ4n) is 2.19. The van der Waals surface area contributed by atoms with E-state index in [9.17, 15) is 0 Å². The van der Waals surface area contributed by atoms with Crippen molar-refractivity contribution in [2.45, 2.75) is 26.8 Å². The van der Waals surface area contributed by atoms with E-state index in [1.165, 1.54) is 16.0 Å². The minimum atomic E-state index is 0.318. The summed E-state index contributed by atoms with van der Waals surface area (Å²) in [6.45, 7) is 4.95. The highest BCUT2D eigenvalue weighted by molar-refractivity contribution is 7.18. The molecule has 21 heavy (non-hydrogen) atoms. The van der Waals surface area contributed by atoms with Gasteiger partial charge in [-0.05, 0) is 25.0 Å². The van der Waals surface area contributed by atoms with Crippen molar-refractivity contribution in [1.82, 2.24) is 9.97 Å². The Kier molecular flexibility index (Phi) is 3.75. The van der Waals surface area contributed by atoms with Crippen molar-refractivity contribution in [3.8, 4) is 0 Å². The van der Waals surface area contributed by atoms with Crippen LogP contribution >= 0.6 is 11.3 Å². The molecule has 2 heterocycles. The van der Waals surface area contributed by atoms with E-state index in [4.69, 9.17) is 5.73 Å². The second kappa shape index (κ2) is 5.69. The van der Waals surface area contributed by atoms with E-state index >= 15 is 0 Å². The summed E-state index contributed by atoms with van der Waals surface area (Å²) in [6, 6.07) is 10.6. The number of rotatable bonds is 4. The monoisotopic (exact) mass is 298 g/mol. The third kappa shape index (κ3) is 2.97. The van der Waals surface area contributed by atoms with Crippen LogP contribution in [0.15, 0.2) is 30.3 Å². The van der Waals surface area contributed by atoms with Gasteiger partial charge in [0.05, 0.1) is 5.39 Å². The molecule has 3 aromatic rings. The number of nitrogens with zero attached hydrogens (tertiary/aromatic N) is 2. The van der Waals surface area contributed by atoms with E-state index in [2.05, 4.69) is 59.5 Å². The Labute approximate surface area is 128 Å². The Hall–Kier alpha value is -2.14. The van der Waals surface area contributed by atoms with Crippen LogP contribution in [0.3, 0.4) is 0 Å². The zero-order valence-electron chi connectivity index (χ0n) is 12.2. The van der Waals surface area contributed by atoms with Gasteiger partial charge in [0.2, 0.25) is 5.95 Å². The number of hydrogen-bond acceptors (Lipinski definition) is 5. The highest BCUT2D eigenvalue weighted by Gasteiger charge is 2.10. The highest BCUT2D eigenvalue weighted by Crippen LogP contribution is 2.30. The number of benzene rings is 1. The zero-order valence-corrected chi connectivity index (χ0v) is 13.0. The maximum atomic E-state index is 5.81. The van der Waals surface area contributed by atoms with Crippen molar-refractivity contribution in [3.05, 3.63) is 46.3 Å². The molecule has 2 aromatic heterocycles. The highest BCUT2D eigenvalue weighted by atomic mass is 32.1. The Morgan fingerprint density at radius 3 is 2.67 bits per heavy atom. The van der Waals surface area contributed by atoms with Gasteiger partial charge < -0.3 is 11.1 Å². The molecule has 108 valence electrons. The van der Waals surface area contributed by atoms with Crippen LogP contribution in [0.25, 0.3) is 10.2 Å². The van der Waals surface area contributed by atoms with E-state index in [0.29, 0.717) is 5.95 Å². The molecule has 0 radical (unpaired) electrons. The average Bonchev–Trinajstić information content (AvgIpc) is 2.89. The van der Waals surface area contributed by atoms with Crippen LogP contribution in [0.2, 0.25) is 0 Å². The van der Waals surface area contributed by atoms with E-state index < -0.39 is 0 Å². The van der Waals surface area contributed by atoms with Gasteiger partial charge in [0.1, 0.15) is 10.6 Å². The Balaban J connectivity index is 1.88. The average molecular weight is 298 g/mol. The van der Waals surface area contributed by atoms with Gasteiger partial charge in [0.15, 0.2) is 0 Å². The van der Waals surface area contributed by atoms with E-state index in [-0.39, 0.29) is 0 Å². The molecule has 5 heteroatoms. The molecule has 0 spiro atoms. The maximum absolute atomic E-state index is 5.81. The van der Waals surface area contributed by atoms with Gasteiger partial charge >= 0.3 is 0 Å². The lowest BCUT2D eigenvalue weighted by Crippen LogP contribution is -2.04. The lowest BCUT2D eigenvalue weighted by atomic mass is 10.1. The number of fused-ring (bicyclic) bond motifs is 1. The van der Waals surface area contributed by atoms with Crippen molar-refractivity contribution in [2.24, 2.45) is 0 Å². The molecule has 1 aromatic carbocycles. The van der Waals surface area contributed by atoms with Crippen molar-refractivity contribution in [3.63, 3.8) is 0 Å². The number of hydrogen-bond donors (Lipinski definition) is 2. The first kappa shape index (κ1) is 13.8. The lowest BCUT2D eigenvalue weighted by molar-refractivity contribution is 1.11. The van der Waals surface area contributed by atoms with Crippen LogP contribution in [-0.2, 0) is 13.0 Å². The molecule has 0 unspecified atom stereocenters. The fourth-order valence-corrected chi connectivity index (χ4v) is 3.16. The number of anilines is 2. The summed E-state index contributed by atoms with van der Waals surface area (Å²) >= 11 is 1.68. The second-order valence-corrected chi connectivity index (χ2v) is 6.17. The summed E-state index contributed by atoms with van der Waals surface area (Å²) < 4.78 is 0. The quantitative estimate of drug-likeness (QED) is 0.770. The number of aromatic nitrogens is 2. The number of thiophene rings is 1. The first-order chi connectivity index (χ1) is 10.2. The molecule has 0 aliphatic carbocycles. The zero-order chi connectivity index (χ0) is 14.8. The van der Waals surface area contributed by atoms with Gasteiger partial charge in [-0.3, -0.25) is 0 Å². The molecular weight excluding hydrogens is 280 g/mol. The first-order valence-corrected chi connectivity index (χ1v) is 7.82. The molecule has 0 saturated carbocycles. The van der Waals surface area contributed by atoms with Gasteiger partial charge in [-0.2, -0.15) is 4.98 Å². The summed E-state index contributed by atoms with van der Waals surface area (Å²) in [5, 5.41) is 4.43. The maximum Gasteiger partial charge on any atom is 0.223 e. The molecule has 0 bridgehead atoms. The first-order valence-electron chi connectivity index (χ1n) is 7.01. The minimum Gasteiger partial charge on any atom is -0.368 e. The van der Waals surface area contributed by atoms with Crippen molar-refractivity contribution in [1.29, 1.82) is 0 Å². The minimum absolute atomic E-state index is 0.318. The summed E-state index contributed by atoms with van der Waals surface area (Å²) in [5.41, 5.74) is 8.29. The van der Waals surface area contributed by atoms with Crippen molar-refractivity contribution < 1.29 is 0 Å². The number of nitrogens with two attached hydrogens (primary N) is 1. The van der Waals surface area contributed by atoms with Crippen molar-refractivity contribution >= 4 is 33.3 Å². The third-order valence-electron chi connectivity index (χ3n) is 3.39. The largest absolute Gasteiger partial charge is 0.368 e. The van der Waals surface area contributed by atoms with Crippen LogP contribution < -0.4 is 11.1 Å². The van der Waals surface area contributed by atoms with Crippen molar-refractivity contribution in [2.75, 3.05) is 11.1 Å². The molecule has 0 aliphatic rings. The van der Waals surface area contributed by atoms with Crippen LogP contribution in [0.5, 0.6) is 0 Å². The Morgan fingerprint density at radius 1 is 1.19 bits per heavy atom. The predicted molar refractivity (Wildman–Crippen MR) is 89.7 cm³/mol. The standard InChI is InChI=1S/C16H18N4S/c1-3-12-8-13-14(19-16(17)20-15(13)21-12)18-9-11-6-4-10(2)5-7-11/h4-8H,3,9H2,1-2H3,(H3,17,18,19,20).